The van der Waals surface area contributed by atoms with Crippen molar-refractivity contribution in [2.24, 2.45) is 0 Å². The molecule has 2 nitrogen and oxygen atoms in total. The molecule has 0 N–H and O–H groups in total. The van der Waals surface area contributed by atoms with Crippen molar-refractivity contribution in [3.8, 4) is 11.8 Å². The zero-order chi connectivity index (χ0) is 8.10. The number of aromatic nitrogens is 2. The van der Waals surface area contributed by atoms with Crippen molar-refractivity contribution >= 4 is 27.5 Å². The minimum Gasteiger partial charge on any atom is -0.228 e. The maximum Gasteiger partial charge on any atom is 0.204 e. The number of nitrogens with zero attached hydrogens (tertiary/aromatic N) is 2. The van der Waals surface area contributed by atoms with Crippen LogP contribution >= 0.6 is 27.5 Å². The third-order valence-electron chi connectivity index (χ3n) is 0.887. The third-order valence-corrected chi connectivity index (χ3v) is 1.43. The Morgan fingerprint density at radius 3 is 2.64 bits per heavy atom. The van der Waals surface area contributed by atoms with Crippen molar-refractivity contribution in [2.75, 3.05) is 5.88 Å². The van der Waals surface area contributed by atoms with Gasteiger partial charge in [0.1, 0.15) is 0 Å². The molecule has 0 saturated carbocycles. The average molecular weight is 231 g/mol. The fraction of sp³-hybridized carbons (Fsp3) is 0.143. The van der Waals surface area contributed by atoms with Gasteiger partial charge in [-0.1, -0.05) is 5.92 Å². The minimum absolute atomic E-state index is 0.305. The van der Waals surface area contributed by atoms with Gasteiger partial charge in [0.15, 0.2) is 0 Å². The first-order valence-electron chi connectivity index (χ1n) is 2.85. The standard InChI is InChI=1S/C7H4BrClN2/c8-6-4-10-7(11-5-6)2-1-3-9/h4-5H,3H2. The molecule has 0 spiro atoms. The molecule has 0 bridgehead atoms. The van der Waals surface area contributed by atoms with Crippen molar-refractivity contribution < 1.29 is 0 Å². The van der Waals surface area contributed by atoms with E-state index in [1.807, 2.05) is 0 Å². The van der Waals surface area contributed by atoms with E-state index in [1.165, 1.54) is 0 Å². The normalized spacial score (nSPS) is 8.55. The van der Waals surface area contributed by atoms with Crippen molar-refractivity contribution in [1.29, 1.82) is 0 Å². The molecule has 0 aromatic carbocycles. The summed E-state index contributed by atoms with van der Waals surface area (Å²) >= 11 is 8.56. The van der Waals surface area contributed by atoms with E-state index in [4.69, 9.17) is 11.6 Å². The van der Waals surface area contributed by atoms with Gasteiger partial charge in [-0.05, 0) is 21.9 Å². The highest BCUT2D eigenvalue weighted by molar-refractivity contribution is 9.10. The molecule has 0 saturated heterocycles. The van der Waals surface area contributed by atoms with Gasteiger partial charge in [-0.25, -0.2) is 9.97 Å². The summed E-state index contributed by atoms with van der Waals surface area (Å²) in [6.07, 6.45) is 3.29. The van der Waals surface area contributed by atoms with E-state index < -0.39 is 0 Å². The Labute approximate surface area is 78.1 Å². The molecule has 0 aliphatic carbocycles. The molecule has 0 aliphatic heterocycles. The molecule has 1 aromatic heterocycles. The van der Waals surface area contributed by atoms with Crippen LogP contribution in [-0.2, 0) is 0 Å². The third kappa shape index (κ3) is 2.87. The first-order chi connectivity index (χ1) is 5.33. The lowest BCUT2D eigenvalue weighted by Crippen LogP contribution is -1.86. The minimum atomic E-state index is 0.305. The highest BCUT2D eigenvalue weighted by Gasteiger charge is 1.88. The fourth-order valence-electron chi connectivity index (χ4n) is 0.489. The lowest BCUT2D eigenvalue weighted by molar-refractivity contribution is 1.11. The summed E-state index contributed by atoms with van der Waals surface area (Å²) in [7, 11) is 0. The number of halogens is 2. The monoisotopic (exact) mass is 230 g/mol. The van der Waals surface area contributed by atoms with Crippen LogP contribution in [0.25, 0.3) is 0 Å². The summed E-state index contributed by atoms with van der Waals surface area (Å²) in [6.45, 7) is 0. The van der Waals surface area contributed by atoms with E-state index in [0.717, 1.165) is 4.47 Å². The molecule has 0 atom stereocenters. The smallest absolute Gasteiger partial charge is 0.204 e. The maximum atomic E-state index is 5.34. The number of hydrogen-bond donors (Lipinski definition) is 0. The molecule has 1 heterocycles. The molecule has 11 heavy (non-hydrogen) atoms. The Hall–Kier alpha value is -0.590. The molecule has 1 aromatic rings. The second-order valence-corrected chi connectivity index (χ2v) is 2.84. The Morgan fingerprint density at radius 1 is 1.45 bits per heavy atom. The molecular formula is C7H4BrClN2. The Kier molecular flexibility index (Phi) is 3.34. The second kappa shape index (κ2) is 4.32. The van der Waals surface area contributed by atoms with Gasteiger partial charge in [0.2, 0.25) is 5.82 Å². The summed E-state index contributed by atoms with van der Waals surface area (Å²) < 4.78 is 0.842. The largest absolute Gasteiger partial charge is 0.228 e. The van der Waals surface area contributed by atoms with E-state index in [9.17, 15) is 0 Å². The molecule has 0 fully saturated rings. The topological polar surface area (TPSA) is 25.8 Å². The van der Waals surface area contributed by atoms with Crippen LogP contribution in [0, 0.1) is 11.8 Å². The number of rotatable bonds is 0. The van der Waals surface area contributed by atoms with Gasteiger partial charge >= 0.3 is 0 Å². The van der Waals surface area contributed by atoms with Gasteiger partial charge in [-0.2, -0.15) is 0 Å². The average Bonchev–Trinajstić information content (AvgIpc) is 2.04. The van der Waals surface area contributed by atoms with Crippen molar-refractivity contribution in [3.63, 3.8) is 0 Å². The van der Waals surface area contributed by atoms with E-state index >= 15 is 0 Å². The zero-order valence-electron chi connectivity index (χ0n) is 5.51. The highest BCUT2D eigenvalue weighted by Crippen LogP contribution is 2.03. The molecule has 0 aliphatic rings. The van der Waals surface area contributed by atoms with Crippen LogP contribution in [0.2, 0.25) is 0 Å². The van der Waals surface area contributed by atoms with Crippen LogP contribution in [0.5, 0.6) is 0 Å². The zero-order valence-corrected chi connectivity index (χ0v) is 7.85. The summed E-state index contributed by atoms with van der Waals surface area (Å²) in [5.74, 6) is 6.15. The summed E-state index contributed by atoms with van der Waals surface area (Å²) in [5, 5.41) is 0. The number of hydrogen-bond acceptors (Lipinski definition) is 2. The summed E-state index contributed by atoms with van der Waals surface area (Å²) in [4.78, 5) is 7.85. The van der Waals surface area contributed by atoms with Gasteiger partial charge in [-0.3, -0.25) is 0 Å². The fourth-order valence-corrected chi connectivity index (χ4v) is 0.761. The van der Waals surface area contributed by atoms with Crippen LogP contribution in [0.15, 0.2) is 16.9 Å². The van der Waals surface area contributed by atoms with Crippen molar-refractivity contribution in [1.82, 2.24) is 9.97 Å². The molecule has 4 heteroatoms. The lowest BCUT2D eigenvalue weighted by Gasteiger charge is -1.87. The lowest BCUT2D eigenvalue weighted by atomic mass is 10.5. The maximum absolute atomic E-state index is 5.34. The molecule has 0 amide bonds. The van der Waals surface area contributed by atoms with Gasteiger partial charge in [0.05, 0.1) is 10.4 Å². The molecule has 56 valence electrons. The predicted octanol–water partition coefficient (Wildman–Crippen LogP) is 1.83. The van der Waals surface area contributed by atoms with E-state index in [1.54, 1.807) is 12.4 Å². The van der Waals surface area contributed by atoms with E-state index in [0.29, 0.717) is 11.7 Å². The van der Waals surface area contributed by atoms with Gasteiger partial charge < -0.3 is 0 Å². The molecule has 0 unspecified atom stereocenters. The SMILES string of the molecule is ClCC#Cc1ncc(Br)cn1. The first-order valence-corrected chi connectivity index (χ1v) is 4.18. The molecule has 1 rings (SSSR count). The summed E-state index contributed by atoms with van der Waals surface area (Å²) in [6, 6.07) is 0. The number of alkyl halides is 1. The van der Waals surface area contributed by atoms with E-state index in [2.05, 4.69) is 37.7 Å². The molecular weight excluding hydrogens is 227 g/mol. The Balaban J connectivity index is 2.82. The summed E-state index contributed by atoms with van der Waals surface area (Å²) in [5.41, 5.74) is 0. The van der Waals surface area contributed by atoms with Crippen molar-refractivity contribution in [2.45, 2.75) is 0 Å². The molecule has 0 radical (unpaired) electrons. The predicted molar refractivity (Wildman–Crippen MR) is 47.3 cm³/mol. The first kappa shape index (κ1) is 8.51. The van der Waals surface area contributed by atoms with Crippen LogP contribution in [0.3, 0.4) is 0 Å². The second-order valence-electron chi connectivity index (χ2n) is 1.66. The van der Waals surface area contributed by atoms with E-state index in [-0.39, 0.29) is 0 Å². The van der Waals surface area contributed by atoms with Crippen LogP contribution < -0.4 is 0 Å². The van der Waals surface area contributed by atoms with Gasteiger partial charge in [-0.15, -0.1) is 11.6 Å². The van der Waals surface area contributed by atoms with Gasteiger partial charge in [0.25, 0.3) is 0 Å². The van der Waals surface area contributed by atoms with Gasteiger partial charge in [0, 0.05) is 12.4 Å². The van der Waals surface area contributed by atoms with Crippen LogP contribution in [0.1, 0.15) is 5.82 Å². The van der Waals surface area contributed by atoms with Crippen LogP contribution in [-0.4, -0.2) is 15.8 Å². The van der Waals surface area contributed by atoms with Crippen molar-refractivity contribution in [3.05, 3.63) is 22.7 Å². The highest BCUT2D eigenvalue weighted by atomic mass is 79.9. The Bertz CT molecular complexity index is 286. The van der Waals surface area contributed by atoms with Crippen LogP contribution in [0.4, 0.5) is 0 Å². The Morgan fingerprint density at radius 2 is 2.09 bits per heavy atom. The quantitative estimate of drug-likeness (QED) is 0.503.